The third-order valence-electron chi connectivity index (χ3n) is 5.19. The van der Waals surface area contributed by atoms with Crippen LogP contribution in [0.5, 0.6) is 0 Å². The summed E-state index contributed by atoms with van der Waals surface area (Å²) >= 11 is 0. The van der Waals surface area contributed by atoms with Crippen LogP contribution in [-0.4, -0.2) is 51.7 Å². The Morgan fingerprint density at radius 3 is 2.46 bits per heavy atom. The summed E-state index contributed by atoms with van der Waals surface area (Å²) in [7, 11) is 0. The number of carboxylic acid groups (broad SMARTS) is 1. The van der Waals surface area contributed by atoms with Gasteiger partial charge in [-0.2, -0.15) is 0 Å². The molecule has 1 saturated heterocycles. The molecular formula is C19H28N2O5. The molecule has 3 aliphatic rings. The van der Waals surface area contributed by atoms with Gasteiger partial charge >= 0.3 is 12.1 Å². The molecule has 26 heavy (non-hydrogen) atoms. The van der Waals surface area contributed by atoms with E-state index in [0.717, 1.165) is 19.3 Å². The minimum Gasteiger partial charge on any atom is -0.480 e. The van der Waals surface area contributed by atoms with Crippen LogP contribution in [-0.2, 0) is 14.3 Å². The molecule has 0 aromatic rings. The third kappa shape index (κ3) is 4.19. The first-order chi connectivity index (χ1) is 12.2. The molecule has 0 bridgehead atoms. The highest BCUT2D eigenvalue weighted by atomic mass is 16.6. The van der Waals surface area contributed by atoms with Crippen LogP contribution in [0.25, 0.3) is 0 Å². The van der Waals surface area contributed by atoms with Gasteiger partial charge in [0.05, 0.1) is 6.04 Å². The minimum absolute atomic E-state index is 0.192. The SMILES string of the molecule is CC(C)(C)OC(=O)N[C@H]1CCC(C2CC2)=C[C@H]2CC[C@@H](C(=O)O)N2C1=O. The Kier molecular flexibility index (Phi) is 4.99. The quantitative estimate of drug-likeness (QED) is 0.750. The van der Waals surface area contributed by atoms with Crippen LogP contribution in [0.2, 0.25) is 0 Å². The summed E-state index contributed by atoms with van der Waals surface area (Å²) in [4.78, 5) is 38.3. The van der Waals surface area contributed by atoms with E-state index in [1.165, 1.54) is 10.5 Å². The molecule has 2 aliphatic heterocycles. The van der Waals surface area contributed by atoms with Gasteiger partial charge in [0.15, 0.2) is 0 Å². The fourth-order valence-electron chi connectivity index (χ4n) is 3.88. The van der Waals surface area contributed by atoms with E-state index < -0.39 is 29.7 Å². The van der Waals surface area contributed by atoms with Crippen LogP contribution in [0.4, 0.5) is 4.79 Å². The predicted molar refractivity (Wildman–Crippen MR) is 94.5 cm³/mol. The summed E-state index contributed by atoms with van der Waals surface area (Å²) in [6.45, 7) is 5.28. The maximum atomic E-state index is 13.1. The molecule has 0 aromatic carbocycles. The van der Waals surface area contributed by atoms with Crippen molar-refractivity contribution in [1.29, 1.82) is 0 Å². The Morgan fingerprint density at radius 2 is 1.88 bits per heavy atom. The summed E-state index contributed by atoms with van der Waals surface area (Å²) in [5.41, 5.74) is 0.641. The molecule has 7 nitrogen and oxygen atoms in total. The molecule has 3 rings (SSSR count). The fraction of sp³-hybridized carbons (Fsp3) is 0.737. The monoisotopic (exact) mass is 364 g/mol. The molecule has 0 spiro atoms. The van der Waals surface area contributed by atoms with E-state index in [2.05, 4.69) is 11.4 Å². The predicted octanol–water partition coefficient (Wildman–Crippen LogP) is 2.45. The van der Waals surface area contributed by atoms with E-state index in [-0.39, 0.29) is 11.9 Å². The van der Waals surface area contributed by atoms with Crippen molar-refractivity contribution < 1.29 is 24.2 Å². The number of hydrogen-bond donors (Lipinski definition) is 2. The number of ether oxygens (including phenoxy) is 1. The minimum atomic E-state index is -0.987. The average Bonchev–Trinajstić information content (AvgIpc) is 3.26. The van der Waals surface area contributed by atoms with Crippen LogP contribution in [0.1, 0.15) is 59.3 Å². The van der Waals surface area contributed by atoms with Gasteiger partial charge in [-0.15, -0.1) is 0 Å². The van der Waals surface area contributed by atoms with Crippen molar-refractivity contribution >= 4 is 18.0 Å². The lowest BCUT2D eigenvalue weighted by molar-refractivity contribution is -0.150. The molecule has 3 atom stereocenters. The van der Waals surface area contributed by atoms with Crippen LogP contribution in [0.15, 0.2) is 11.6 Å². The van der Waals surface area contributed by atoms with E-state index in [0.29, 0.717) is 25.2 Å². The lowest BCUT2D eigenvalue weighted by atomic mass is 9.95. The fourth-order valence-corrected chi connectivity index (χ4v) is 3.88. The lowest BCUT2D eigenvalue weighted by Crippen LogP contribution is -2.55. The van der Waals surface area contributed by atoms with Gasteiger partial charge in [0.2, 0.25) is 5.91 Å². The maximum absolute atomic E-state index is 13.1. The zero-order chi connectivity index (χ0) is 19.1. The second-order valence-corrected chi connectivity index (χ2v) is 8.50. The number of allylic oxidation sites excluding steroid dienone is 1. The first-order valence-corrected chi connectivity index (χ1v) is 9.41. The van der Waals surface area contributed by atoms with Crippen molar-refractivity contribution in [2.45, 2.75) is 83.0 Å². The van der Waals surface area contributed by atoms with E-state index in [9.17, 15) is 19.5 Å². The van der Waals surface area contributed by atoms with Gasteiger partial charge < -0.3 is 20.1 Å². The number of amides is 2. The smallest absolute Gasteiger partial charge is 0.408 e. The molecule has 0 radical (unpaired) electrons. The Labute approximate surface area is 153 Å². The summed E-state index contributed by atoms with van der Waals surface area (Å²) < 4.78 is 5.28. The Bertz CT molecular complexity index is 632. The van der Waals surface area contributed by atoms with Crippen LogP contribution < -0.4 is 5.32 Å². The molecule has 0 aromatic heterocycles. The topological polar surface area (TPSA) is 95.9 Å². The van der Waals surface area contributed by atoms with Gasteiger partial charge in [-0.05, 0) is 65.2 Å². The molecule has 1 saturated carbocycles. The molecular weight excluding hydrogens is 336 g/mol. The highest BCUT2D eigenvalue weighted by Crippen LogP contribution is 2.41. The van der Waals surface area contributed by atoms with Gasteiger partial charge in [0.1, 0.15) is 17.7 Å². The largest absolute Gasteiger partial charge is 0.480 e. The lowest BCUT2D eigenvalue weighted by Gasteiger charge is -2.33. The standard InChI is InChI=1S/C19H28N2O5/c1-19(2,3)26-18(25)20-14-8-6-12(11-4-5-11)10-13-7-9-15(17(23)24)21(13)16(14)22/h10-11,13-15H,4-9H2,1-3H3,(H,20,25)(H,23,24)/t13-,14+,15+/m1/s1. The summed E-state index contributed by atoms with van der Waals surface area (Å²) in [6.07, 6.45) is 6.09. The van der Waals surface area contributed by atoms with Crippen LogP contribution in [0, 0.1) is 5.92 Å². The van der Waals surface area contributed by atoms with Crippen molar-refractivity contribution in [2.24, 2.45) is 5.92 Å². The summed E-state index contributed by atoms with van der Waals surface area (Å²) in [6, 6.07) is -1.78. The first-order valence-electron chi connectivity index (χ1n) is 9.41. The van der Waals surface area contributed by atoms with E-state index in [1.54, 1.807) is 20.8 Å². The number of aliphatic carboxylic acids is 1. The van der Waals surface area contributed by atoms with E-state index in [1.807, 2.05) is 0 Å². The molecule has 2 heterocycles. The number of rotatable bonds is 3. The van der Waals surface area contributed by atoms with Crippen molar-refractivity contribution in [2.75, 3.05) is 0 Å². The number of fused-ring (bicyclic) bond motifs is 1. The van der Waals surface area contributed by atoms with Gasteiger partial charge in [-0.25, -0.2) is 9.59 Å². The molecule has 0 unspecified atom stereocenters. The number of nitrogens with one attached hydrogen (secondary N) is 1. The van der Waals surface area contributed by atoms with Crippen molar-refractivity contribution in [3.8, 4) is 0 Å². The molecule has 144 valence electrons. The normalized spacial score (nSPS) is 29.3. The van der Waals surface area contributed by atoms with Gasteiger partial charge in [0.25, 0.3) is 0 Å². The Balaban J connectivity index is 1.82. The number of carboxylic acids is 1. The summed E-state index contributed by atoms with van der Waals surface area (Å²) in [5.74, 6) is -0.758. The van der Waals surface area contributed by atoms with Crippen LogP contribution in [0.3, 0.4) is 0 Å². The highest BCUT2D eigenvalue weighted by Gasteiger charge is 2.44. The number of carbonyl (C=O) groups excluding carboxylic acids is 2. The first kappa shape index (κ1) is 18.7. The number of hydrogen-bond acceptors (Lipinski definition) is 4. The highest BCUT2D eigenvalue weighted by molar-refractivity contribution is 5.90. The maximum Gasteiger partial charge on any atom is 0.408 e. The van der Waals surface area contributed by atoms with Crippen molar-refractivity contribution in [3.63, 3.8) is 0 Å². The number of nitrogens with zero attached hydrogens (tertiary/aromatic N) is 1. The molecule has 2 fully saturated rings. The second-order valence-electron chi connectivity index (χ2n) is 8.50. The van der Waals surface area contributed by atoms with E-state index in [4.69, 9.17) is 4.74 Å². The zero-order valence-corrected chi connectivity index (χ0v) is 15.7. The molecule has 7 heteroatoms. The zero-order valence-electron chi connectivity index (χ0n) is 15.7. The van der Waals surface area contributed by atoms with Gasteiger partial charge in [0, 0.05) is 0 Å². The average molecular weight is 364 g/mol. The van der Waals surface area contributed by atoms with E-state index >= 15 is 0 Å². The van der Waals surface area contributed by atoms with Gasteiger partial charge in [-0.3, -0.25) is 4.79 Å². The van der Waals surface area contributed by atoms with Gasteiger partial charge in [-0.1, -0.05) is 11.6 Å². The third-order valence-corrected chi connectivity index (χ3v) is 5.19. The Hall–Kier alpha value is -2.05. The second kappa shape index (κ2) is 6.93. The molecule has 2 amide bonds. The molecule has 1 aliphatic carbocycles. The van der Waals surface area contributed by atoms with Crippen molar-refractivity contribution in [3.05, 3.63) is 11.6 Å². The molecule has 2 N–H and O–H groups in total. The van der Waals surface area contributed by atoms with Crippen LogP contribution >= 0.6 is 0 Å². The summed E-state index contributed by atoms with van der Waals surface area (Å²) in [5, 5.41) is 12.2. The Morgan fingerprint density at radius 1 is 1.19 bits per heavy atom. The van der Waals surface area contributed by atoms with Crippen molar-refractivity contribution in [1.82, 2.24) is 10.2 Å². The number of alkyl carbamates (subject to hydrolysis) is 1. The number of carbonyl (C=O) groups is 3.